The number of halogens is 1. The van der Waals surface area contributed by atoms with Gasteiger partial charge in [0.25, 0.3) is 5.91 Å². The maximum Gasteiger partial charge on any atom is 0.265 e. The number of nitrogens with two attached hydrogens (primary N) is 1. The minimum absolute atomic E-state index is 0.272. The van der Waals surface area contributed by atoms with Crippen molar-refractivity contribution in [3.63, 3.8) is 0 Å². The monoisotopic (exact) mass is 359 g/mol. The van der Waals surface area contributed by atoms with Gasteiger partial charge in [-0.1, -0.05) is 35.8 Å². The van der Waals surface area contributed by atoms with Gasteiger partial charge in [-0.15, -0.1) is 0 Å². The first-order valence-electron chi connectivity index (χ1n) is 6.71. The fourth-order valence-corrected chi connectivity index (χ4v) is 3.51. The summed E-state index contributed by atoms with van der Waals surface area (Å²) in [5.74, 6) is 6.90. The van der Waals surface area contributed by atoms with Crippen LogP contribution < -0.4 is 11.3 Å². The summed E-state index contributed by atoms with van der Waals surface area (Å²) >= 11 is 5.41. The maximum absolute atomic E-state index is 11.4. The minimum atomic E-state index is -0.272. The van der Waals surface area contributed by atoms with Crippen LogP contribution in [0.2, 0.25) is 0 Å². The average molecular weight is 360 g/mol. The fraction of sp³-hybridized carbons (Fsp3) is 0.500. The van der Waals surface area contributed by atoms with E-state index in [0.717, 1.165) is 35.6 Å². The lowest BCUT2D eigenvalue weighted by Gasteiger charge is -2.17. The Hall–Kier alpha value is -0.560. The molecule has 6 heteroatoms. The third-order valence-electron chi connectivity index (χ3n) is 3.15. The summed E-state index contributed by atoms with van der Waals surface area (Å²) in [7, 11) is 0. The number of amides is 1. The third-order valence-corrected chi connectivity index (χ3v) is 4.87. The van der Waals surface area contributed by atoms with Crippen LogP contribution in [0.4, 0.5) is 0 Å². The summed E-state index contributed by atoms with van der Waals surface area (Å²) in [5, 5.41) is 0. The molecule has 1 rings (SSSR count). The number of nitrogens with one attached hydrogen (secondary N) is 1. The molecule has 0 aliphatic carbocycles. The zero-order valence-electron chi connectivity index (χ0n) is 12.0. The molecule has 0 unspecified atom stereocenters. The van der Waals surface area contributed by atoms with E-state index in [4.69, 9.17) is 5.84 Å². The summed E-state index contributed by atoms with van der Waals surface area (Å²) < 4.78 is 0.953. The van der Waals surface area contributed by atoms with E-state index in [1.807, 2.05) is 23.9 Å². The van der Waals surface area contributed by atoms with Crippen LogP contribution in [0.1, 0.15) is 29.8 Å². The zero-order chi connectivity index (χ0) is 15.0. The Morgan fingerprint density at radius 3 is 2.65 bits per heavy atom. The van der Waals surface area contributed by atoms with Crippen molar-refractivity contribution in [1.82, 2.24) is 10.3 Å². The molecule has 0 aliphatic heterocycles. The van der Waals surface area contributed by atoms with Crippen molar-refractivity contribution in [2.24, 2.45) is 5.84 Å². The number of rotatable bonds is 8. The van der Waals surface area contributed by atoms with Crippen molar-refractivity contribution in [2.75, 3.05) is 25.4 Å². The molecule has 1 aromatic carbocycles. The van der Waals surface area contributed by atoms with E-state index < -0.39 is 0 Å². The van der Waals surface area contributed by atoms with Crippen LogP contribution in [-0.2, 0) is 5.75 Å². The number of nitrogens with zero attached hydrogens (tertiary/aromatic N) is 1. The van der Waals surface area contributed by atoms with Crippen molar-refractivity contribution < 1.29 is 4.79 Å². The highest BCUT2D eigenvalue weighted by Crippen LogP contribution is 2.23. The van der Waals surface area contributed by atoms with Crippen LogP contribution in [0.5, 0.6) is 0 Å². The van der Waals surface area contributed by atoms with Crippen LogP contribution in [0, 0.1) is 0 Å². The Balaban J connectivity index is 2.47. The zero-order valence-corrected chi connectivity index (χ0v) is 14.4. The lowest BCUT2D eigenvalue weighted by molar-refractivity contribution is 0.0953. The number of hydrogen-bond donors (Lipinski definition) is 2. The Labute approximate surface area is 133 Å². The lowest BCUT2D eigenvalue weighted by Crippen LogP contribution is -2.29. The summed E-state index contributed by atoms with van der Waals surface area (Å²) in [6, 6.07) is 5.58. The van der Waals surface area contributed by atoms with Gasteiger partial charge in [-0.2, -0.15) is 11.8 Å². The molecule has 0 aromatic heterocycles. The van der Waals surface area contributed by atoms with E-state index in [1.54, 1.807) is 6.07 Å². The van der Waals surface area contributed by atoms with E-state index in [9.17, 15) is 4.79 Å². The van der Waals surface area contributed by atoms with Gasteiger partial charge in [-0.3, -0.25) is 10.2 Å². The van der Waals surface area contributed by atoms with Crippen molar-refractivity contribution in [2.45, 2.75) is 19.6 Å². The van der Waals surface area contributed by atoms with E-state index in [-0.39, 0.29) is 5.91 Å². The first-order valence-corrected chi connectivity index (χ1v) is 8.66. The SMILES string of the molecule is CCN(CC)CCSCc1ccc(C(=O)NN)cc1Br. The molecule has 4 nitrogen and oxygen atoms in total. The number of carbonyl (C=O) groups is 1. The molecule has 0 fully saturated rings. The Morgan fingerprint density at radius 2 is 2.10 bits per heavy atom. The fourth-order valence-electron chi connectivity index (χ4n) is 1.80. The summed E-state index contributed by atoms with van der Waals surface area (Å²) in [6.07, 6.45) is 0. The standard InChI is InChI=1S/C14H22BrN3OS/c1-3-18(4-2)7-8-20-10-12-6-5-11(9-13(12)15)14(19)17-16/h5-6,9H,3-4,7-8,10,16H2,1-2H3,(H,17,19). The van der Waals surface area contributed by atoms with Gasteiger partial charge in [0.15, 0.2) is 0 Å². The smallest absolute Gasteiger partial charge is 0.265 e. The number of hydrogen-bond acceptors (Lipinski definition) is 4. The van der Waals surface area contributed by atoms with Gasteiger partial charge >= 0.3 is 0 Å². The number of carbonyl (C=O) groups excluding carboxylic acids is 1. The van der Waals surface area contributed by atoms with Crippen LogP contribution >= 0.6 is 27.7 Å². The average Bonchev–Trinajstić information content (AvgIpc) is 2.47. The second-order valence-electron chi connectivity index (χ2n) is 4.36. The second kappa shape index (κ2) is 9.39. The predicted octanol–water partition coefficient (Wildman–Crippen LogP) is 2.63. The van der Waals surface area contributed by atoms with Gasteiger partial charge in [-0.05, 0) is 30.8 Å². The molecule has 0 aliphatic rings. The number of hydrazine groups is 1. The van der Waals surface area contributed by atoms with Crippen molar-refractivity contribution in [3.05, 3.63) is 33.8 Å². The Morgan fingerprint density at radius 1 is 1.40 bits per heavy atom. The first kappa shape index (κ1) is 17.5. The van der Waals surface area contributed by atoms with Gasteiger partial charge in [0.05, 0.1) is 0 Å². The summed E-state index contributed by atoms with van der Waals surface area (Å²) in [5.41, 5.74) is 3.90. The molecule has 0 saturated heterocycles. The van der Waals surface area contributed by atoms with Gasteiger partial charge in [0.1, 0.15) is 0 Å². The third kappa shape index (κ3) is 5.44. The number of benzene rings is 1. The summed E-state index contributed by atoms with van der Waals surface area (Å²) in [4.78, 5) is 13.8. The van der Waals surface area contributed by atoms with Gasteiger partial charge in [0.2, 0.25) is 0 Å². The molecule has 3 N–H and O–H groups in total. The quantitative estimate of drug-likeness (QED) is 0.324. The molecule has 0 saturated carbocycles. The topological polar surface area (TPSA) is 58.4 Å². The number of nitrogen functional groups attached to an aromatic ring is 1. The molecule has 0 bridgehead atoms. The van der Waals surface area contributed by atoms with Crippen LogP contribution in [0.25, 0.3) is 0 Å². The maximum atomic E-state index is 11.4. The molecular formula is C14H22BrN3OS. The first-order chi connectivity index (χ1) is 9.62. The van der Waals surface area contributed by atoms with E-state index >= 15 is 0 Å². The molecule has 1 amide bonds. The largest absolute Gasteiger partial charge is 0.303 e. The van der Waals surface area contributed by atoms with Gasteiger partial charge < -0.3 is 4.90 Å². The Bertz CT molecular complexity index is 438. The molecule has 0 radical (unpaired) electrons. The van der Waals surface area contributed by atoms with Crippen LogP contribution in [0.15, 0.2) is 22.7 Å². The molecular weight excluding hydrogens is 338 g/mol. The lowest BCUT2D eigenvalue weighted by atomic mass is 10.1. The molecule has 1 aromatic rings. The van der Waals surface area contributed by atoms with E-state index in [0.29, 0.717) is 5.56 Å². The highest BCUT2D eigenvalue weighted by Gasteiger charge is 2.07. The molecule has 112 valence electrons. The highest BCUT2D eigenvalue weighted by atomic mass is 79.9. The predicted molar refractivity (Wildman–Crippen MR) is 89.7 cm³/mol. The normalized spacial score (nSPS) is 10.8. The summed E-state index contributed by atoms with van der Waals surface area (Å²) in [6.45, 7) is 7.69. The van der Waals surface area contributed by atoms with E-state index in [2.05, 4.69) is 40.1 Å². The van der Waals surface area contributed by atoms with Gasteiger partial charge in [-0.25, -0.2) is 5.84 Å². The number of thioether (sulfide) groups is 1. The molecule has 20 heavy (non-hydrogen) atoms. The van der Waals surface area contributed by atoms with Crippen molar-refractivity contribution in [1.29, 1.82) is 0 Å². The van der Waals surface area contributed by atoms with Gasteiger partial charge in [0, 0.05) is 28.1 Å². The van der Waals surface area contributed by atoms with Crippen molar-refractivity contribution >= 4 is 33.6 Å². The van der Waals surface area contributed by atoms with Crippen LogP contribution in [-0.4, -0.2) is 36.2 Å². The second-order valence-corrected chi connectivity index (χ2v) is 6.32. The Kier molecular flexibility index (Phi) is 8.21. The van der Waals surface area contributed by atoms with Crippen molar-refractivity contribution in [3.8, 4) is 0 Å². The highest BCUT2D eigenvalue weighted by molar-refractivity contribution is 9.10. The van der Waals surface area contributed by atoms with E-state index in [1.165, 1.54) is 5.56 Å². The molecule has 0 spiro atoms. The molecule has 0 atom stereocenters. The molecule has 0 heterocycles. The van der Waals surface area contributed by atoms with Crippen LogP contribution in [0.3, 0.4) is 0 Å². The minimum Gasteiger partial charge on any atom is -0.303 e.